The predicted molar refractivity (Wildman–Crippen MR) is 109 cm³/mol. The minimum Gasteiger partial charge on any atom is -0.478 e. The summed E-state index contributed by atoms with van der Waals surface area (Å²) in [5.74, 6) is 0.127. The van der Waals surface area contributed by atoms with E-state index in [1.165, 1.54) is 6.07 Å². The zero-order chi connectivity index (χ0) is 19.1. The number of hydrogen-bond acceptors (Lipinski definition) is 3. The highest BCUT2D eigenvalue weighted by atomic mass is 79.9. The van der Waals surface area contributed by atoms with Gasteiger partial charge in [0.2, 0.25) is 0 Å². The van der Waals surface area contributed by atoms with E-state index in [-0.39, 0.29) is 5.56 Å². The Hall–Kier alpha value is -2.63. The largest absolute Gasteiger partial charge is 0.478 e. The molecule has 2 aromatic heterocycles. The lowest BCUT2D eigenvalue weighted by Crippen LogP contribution is -2.00. The maximum atomic E-state index is 11.7. The van der Waals surface area contributed by atoms with Crippen molar-refractivity contribution in [1.29, 1.82) is 0 Å². The van der Waals surface area contributed by atoms with Crippen LogP contribution < -0.4 is 0 Å². The highest BCUT2D eigenvalue weighted by molar-refractivity contribution is 9.10. The third kappa shape index (κ3) is 3.36. The maximum Gasteiger partial charge on any atom is 0.336 e. The first kappa shape index (κ1) is 17.8. The van der Waals surface area contributed by atoms with Gasteiger partial charge in [-0.1, -0.05) is 33.6 Å². The number of carbonyl (C=O) groups is 1. The Bertz CT molecular complexity index is 1200. The zero-order valence-electron chi connectivity index (χ0n) is 14.2. The average molecular weight is 443 g/mol. The van der Waals surface area contributed by atoms with Crippen molar-refractivity contribution in [2.24, 2.45) is 0 Å². The second kappa shape index (κ2) is 6.83. The number of hydrogen-bond donors (Lipinski definition) is 1. The molecule has 0 amide bonds. The lowest BCUT2D eigenvalue weighted by Gasteiger charge is -2.06. The third-order valence-corrected chi connectivity index (χ3v) is 5.14. The van der Waals surface area contributed by atoms with E-state index in [2.05, 4.69) is 20.9 Å². The summed E-state index contributed by atoms with van der Waals surface area (Å²) in [6.45, 7) is 2.01. The van der Waals surface area contributed by atoms with Gasteiger partial charge in [-0.05, 0) is 61.0 Å². The SMILES string of the molecule is Cc1ccc(-c2ccc(-c3cc(C(=O)O)c4cc(Cl)ccc4n3)o2)c(Br)c1. The second-order valence-corrected chi connectivity index (χ2v) is 7.46. The van der Waals surface area contributed by atoms with Gasteiger partial charge in [-0.15, -0.1) is 0 Å². The molecule has 0 saturated carbocycles. The molecule has 2 heterocycles. The Morgan fingerprint density at radius 3 is 2.59 bits per heavy atom. The van der Waals surface area contributed by atoms with Crippen LogP contribution in [0.4, 0.5) is 0 Å². The first-order chi connectivity index (χ1) is 12.9. The molecule has 0 aliphatic rings. The first-order valence-electron chi connectivity index (χ1n) is 8.13. The number of halogens is 2. The Morgan fingerprint density at radius 1 is 1.07 bits per heavy atom. The summed E-state index contributed by atoms with van der Waals surface area (Å²) in [4.78, 5) is 16.3. The molecular weight excluding hydrogens is 430 g/mol. The summed E-state index contributed by atoms with van der Waals surface area (Å²) in [5, 5.41) is 10.5. The van der Waals surface area contributed by atoms with Gasteiger partial charge in [0.1, 0.15) is 11.5 Å². The number of furan rings is 1. The number of aromatic nitrogens is 1. The third-order valence-electron chi connectivity index (χ3n) is 4.25. The lowest BCUT2D eigenvalue weighted by atomic mass is 10.1. The van der Waals surface area contributed by atoms with Crippen molar-refractivity contribution in [1.82, 2.24) is 4.98 Å². The molecule has 4 nitrogen and oxygen atoms in total. The molecule has 0 atom stereocenters. The summed E-state index contributed by atoms with van der Waals surface area (Å²) in [6.07, 6.45) is 0. The van der Waals surface area contributed by atoms with Gasteiger partial charge in [-0.2, -0.15) is 0 Å². The van der Waals surface area contributed by atoms with Gasteiger partial charge in [0.05, 0.1) is 11.1 Å². The van der Waals surface area contributed by atoms with E-state index in [0.29, 0.717) is 33.1 Å². The topological polar surface area (TPSA) is 63.3 Å². The van der Waals surface area contributed by atoms with Gasteiger partial charge in [0, 0.05) is 20.4 Å². The maximum absolute atomic E-state index is 11.7. The molecule has 6 heteroatoms. The summed E-state index contributed by atoms with van der Waals surface area (Å²) in [7, 11) is 0. The highest BCUT2D eigenvalue weighted by Gasteiger charge is 2.16. The van der Waals surface area contributed by atoms with Crippen molar-refractivity contribution >= 4 is 44.4 Å². The average Bonchev–Trinajstić information content (AvgIpc) is 3.10. The summed E-state index contributed by atoms with van der Waals surface area (Å²) >= 11 is 9.56. The van der Waals surface area contributed by atoms with Crippen molar-refractivity contribution in [2.75, 3.05) is 0 Å². The smallest absolute Gasteiger partial charge is 0.336 e. The van der Waals surface area contributed by atoms with Crippen LogP contribution in [0.5, 0.6) is 0 Å². The first-order valence-corrected chi connectivity index (χ1v) is 9.30. The van der Waals surface area contributed by atoms with Gasteiger partial charge in [-0.25, -0.2) is 9.78 Å². The second-order valence-electron chi connectivity index (χ2n) is 6.17. The molecule has 134 valence electrons. The Kier molecular flexibility index (Phi) is 4.50. The van der Waals surface area contributed by atoms with E-state index < -0.39 is 5.97 Å². The predicted octanol–water partition coefficient (Wildman–Crippen LogP) is 6.58. The Balaban J connectivity index is 1.85. The van der Waals surface area contributed by atoms with Crippen LogP contribution in [0.25, 0.3) is 33.7 Å². The summed E-state index contributed by atoms with van der Waals surface area (Å²) in [5.41, 5.74) is 3.18. The Labute approximate surface area is 168 Å². The molecule has 4 rings (SSSR count). The summed E-state index contributed by atoms with van der Waals surface area (Å²) in [6, 6.07) is 16.1. The number of benzene rings is 2. The minimum atomic E-state index is -1.04. The molecule has 27 heavy (non-hydrogen) atoms. The van der Waals surface area contributed by atoms with Crippen molar-refractivity contribution in [3.05, 3.63) is 75.2 Å². The van der Waals surface area contributed by atoms with E-state index >= 15 is 0 Å². The van der Waals surface area contributed by atoms with Crippen LogP contribution in [-0.2, 0) is 0 Å². The molecule has 0 fully saturated rings. The fourth-order valence-corrected chi connectivity index (χ4v) is 3.80. The van der Waals surface area contributed by atoms with Crippen molar-refractivity contribution < 1.29 is 14.3 Å². The minimum absolute atomic E-state index is 0.131. The van der Waals surface area contributed by atoms with Crippen molar-refractivity contribution in [3.63, 3.8) is 0 Å². The number of aromatic carboxylic acids is 1. The van der Waals surface area contributed by atoms with Crippen LogP contribution in [0, 0.1) is 6.92 Å². The Morgan fingerprint density at radius 2 is 1.85 bits per heavy atom. The van der Waals surface area contributed by atoms with Crippen LogP contribution in [0.2, 0.25) is 5.02 Å². The van der Waals surface area contributed by atoms with Crippen LogP contribution in [-0.4, -0.2) is 16.1 Å². The number of carboxylic acids is 1. The van der Waals surface area contributed by atoms with E-state index in [1.807, 2.05) is 31.2 Å². The van der Waals surface area contributed by atoms with E-state index in [1.54, 1.807) is 24.3 Å². The van der Waals surface area contributed by atoms with Crippen LogP contribution in [0.1, 0.15) is 15.9 Å². The normalized spacial score (nSPS) is 11.1. The monoisotopic (exact) mass is 441 g/mol. The molecule has 0 aliphatic carbocycles. The molecule has 0 saturated heterocycles. The van der Waals surface area contributed by atoms with Crippen LogP contribution >= 0.6 is 27.5 Å². The van der Waals surface area contributed by atoms with Crippen LogP contribution in [0.3, 0.4) is 0 Å². The number of fused-ring (bicyclic) bond motifs is 1. The number of carboxylic acid groups (broad SMARTS) is 1. The van der Waals surface area contributed by atoms with Crippen molar-refractivity contribution in [3.8, 4) is 22.8 Å². The van der Waals surface area contributed by atoms with Crippen molar-refractivity contribution in [2.45, 2.75) is 6.92 Å². The quantitative estimate of drug-likeness (QED) is 0.389. The van der Waals surface area contributed by atoms with E-state index in [0.717, 1.165) is 15.6 Å². The highest BCUT2D eigenvalue weighted by Crippen LogP contribution is 2.34. The van der Waals surface area contributed by atoms with Gasteiger partial charge < -0.3 is 9.52 Å². The van der Waals surface area contributed by atoms with E-state index in [4.69, 9.17) is 16.0 Å². The zero-order valence-corrected chi connectivity index (χ0v) is 16.5. The number of pyridine rings is 1. The number of nitrogens with zero attached hydrogens (tertiary/aromatic N) is 1. The standard InChI is InChI=1S/C21H13BrClNO3/c1-11-2-4-13(16(22)8-11)19-6-7-20(27-19)18-10-15(21(25)26)14-9-12(23)3-5-17(14)24-18/h2-10H,1H3,(H,25,26). The number of aryl methyl sites for hydroxylation is 1. The molecule has 2 aromatic carbocycles. The fraction of sp³-hybridized carbons (Fsp3) is 0.0476. The molecular formula is C21H13BrClNO3. The molecule has 4 aromatic rings. The lowest BCUT2D eigenvalue weighted by molar-refractivity contribution is 0.0699. The van der Waals surface area contributed by atoms with Gasteiger partial charge in [-0.3, -0.25) is 0 Å². The molecule has 0 unspecified atom stereocenters. The number of rotatable bonds is 3. The van der Waals surface area contributed by atoms with Gasteiger partial charge in [0.15, 0.2) is 5.76 Å². The van der Waals surface area contributed by atoms with Gasteiger partial charge >= 0.3 is 5.97 Å². The molecule has 0 spiro atoms. The van der Waals surface area contributed by atoms with Gasteiger partial charge in [0.25, 0.3) is 0 Å². The molecule has 0 bridgehead atoms. The molecule has 0 aliphatic heterocycles. The molecule has 0 radical (unpaired) electrons. The van der Waals surface area contributed by atoms with Crippen LogP contribution in [0.15, 0.2) is 63.5 Å². The summed E-state index contributed by atoms with van der Waals surface area (Å²) < 4.78 is 6.90. The molecule has 1 N–H and O–H groups in total. The fourth-order valence-electron chi connectivity index (χ4n) is 2.94. The van der Waals surface area contributed by atoms with E-state index in [9.17, 15) is 9.90 Å².